The van der Waals surface area contributed by atoms with Crippen LogP contribution in [0.15, 0.2) is 255 Å². The molecule has 296 valence electrons. The monoisotopic (exact) mass is 818 g/mol. The number of aromatic nitrogens is 1. The molecular formula is C60H42N2Si. The molecule has 0 bridgehead atoms. The van der Waals surface area contributed by atoms with Crippen LogP contribution < -0.4 is 25.6 Å². The Morgan fingerprint density at radius 3 is 1.38 bits per heavy atom. The first kappa shape index (κ1) is 36.8. The van der Waals surface area contributed by atoms with Crippen molar-refractivity contribution in [3.05, 3.63) is 255 Å². The molecule has 0 saturated carbocycles. The van der Waals surface area contributed by atoms with Gasteiger partial charge in [0.05, 0.1) is 11.0 Å². The number of nitrogens with zero attached hydrogens (tertiary/aromatic N) is 2. The lowest BCUT2D eigenvalue weighted by Crippen LogP contribution is -2.74. The van der Waals surface area contributed by atoms with Gasteiger partial charge in [-0.25, -0.2) is 0 Å². The summed E-state index contributed by atoms with van der Waals surface area (Å²) >= 11 is 0. The van der Waals surface area contributed by atoms with E-state index in [4.69, 9.17) is 0 Å². The lowest BCUT2D eigenvalue weighted by molar-refractivity contribution is 1.18. The molecule has 0 atom stereocenters. The van der Waals surface area contributed by atoms with E-state index in [1.54, 1.807) is 0 Å². The van der Waals surface area contributed by atoms with Crippen LogP contribution in [0, 0.1) is 0 Å². The highest BCUT2D eigenvalue weighted by Gasteiger charge is 2.41. The van der Waals surface area contributed by atoms with E-state index in [1.807, 2.05) is 0 Å². The first-order chi connectivity index (χ1) is 31.2. The summed E-state index contributed by atoms with van der Waals surface area (Å²) in [7, 11) is -2.62. The van der Waals surface area contributed by atoms with Gasteiger partial charge >= 0.3 is 0 Å². The molecule has 0 spiro atoms. The Hall–Kier alpha value is -7.98. The highest BCUT2D eigenvalue weighted by molar-refractivity contribution is 7.19. The average Bonchev–Trinajstić information content (AvgIpc) is 3.70. The molecular weight excluding hydrogens is 777 g/mol. The fraction of sp³-hybridized carbons (Fsp3) is 0. The van der Waals surface area contributed by atoms with E-state index in [2.05, 4.69) is 264 Å². The number of para-hydroxylation sites is 1. The van der Waals surface area contributed by atoms with Crippen LogP contribution in [0.5, 0.6) is 0 Å². The first-order valence-corrected chi connectivity index (χ1v) is 23.8. The van der Waals surface area contributed by atoms with Crippen LogP contribution in [-0.2, 0) is 0 Å². The number of rotatable bonds is 9. The molecule has 0 amide bonds. The Labute approximate surface area is 368 Å². The van der Waals surface area contributed by atoms with Gasteiger partial charge in [0, 0.05) is 33.5 Å². The zero-order chi connectivity index (χ0) is 41.7. The van der Waals surface area contributed by atoms with Gasteiger partial charge in [-0.2, -0.15) is 0 Å². The molecule has 3 heteroatoms. The summed E-state index contributed by atoms with van der Waals surface area (Å²) in [5, 5.41) is 13.0. The van der Waals surface area contributed by atoms with Crippen molar-refractivity contribution >= 4 is 89.2 Å². The predicted molar refractivity (Wildman–Crippen MR) is 271 cm³/mol. The van der Waals surface area contributed by atoms with Gasteiger partial charge in [-0.15, -0.1) is 0 Å². The third kappa shape index (κ3) is 6.08. The van der Waals surface area contributed by atoms with Crippen molar-refractivity contribution in [2.45, 2.75) is 0 Å². The maximum atomic E-state index is 2.43. The van der Waals surface area contributed by atoms with Gasteiger partial charge in [-0.05, 0) is 108 Å². The molecule has 0 aliphatic rings. The second kappa shape index (κ2) is 15.2. The van der Waals surface area contributed by atoms with Crippen LogP contribution in [-0.4, -0.2) is 12.6 Å². The molecule has 11 aromatic carbocycles. The summed E-state index contributed by atoms with van der Waals surface area (Å²) in [6.07, 6.45) is 0. The van der Waals surface area contributed by atoms with Gasteiger partial charge in [0.2, 0.25) is 0 Å². The molecule has 0 N–H and O–H groups in total. The quantitative estimate of drug-likeness (QED) is 0.0800. The first-order valence-electron chi connectivity index (χ1n) is 21.8. The molecule has 0 saturated heterocycles. The van der Waals surface area contributed by atoms with E-state index < -0.39 is 8.07 Å². The highest BCUT2D eigenvalue weighted by Crippen LogP contribution is 2.44. The van der Waals surface area contributed by atoms with Crippen molar-refractivity contribution < 1.29 is 0 Å². The molecule has 12 aromatic rings. The van der Waals surface area contributed by atoms with Crippen LogP contribution in [0.1, 0.15) is 0 Å². The van der Waals surface area contributed by atoms with E-state index in [0.717, 1.165) is 22.7 Å². The third-order valence-electron chi connectivity index (χ3n) is 13.0. The minimum Gasteiger partial charge on any atom is -0.310 e. The minimum absolute atomic E-state index is 1.10. The maximum Gasteiger partial charge on any atom is 0.179 e. The van der Waals surface area contributed by atoms with Gasteiger partial charge < -0.3 is 9.47 Å². The maximum absolute atomic E-state index is 2.62. The molecule has 0 radical (unpaired) electrons. The van der Waals surface area contributed by atoms with E-state index in [9.17, 15) is 0 Å². The molecule has 12 rings (SSSR count). The van der Waals surface area contributed by atoms with Crippen molar-refractivity contribution in [2.24, 2.45) is 0 Å². The molecule has 0 aliphatic carbocycles. The molecule has 1 heterocycles. The average molecular weight is 819 g/mol. The van der Waals surface area contributed by atoms with Crippen LogP contribution in [0.4, 0.5) is 17.1 Å². The summed E-state index contributed by atoms with van der Waals surface area (Å²) in [6, 6.07) is 94.2. The number of hydrogen-bond acceptors (Lipinski definition) is 1. The van der Waals surface area contributed by atoms with Gasteiger partial charge in [0.25, 0.3) is 0 Å². The Morgan fingerprint density at radius 1 is 0.286 bits per heavy atom. The second-order valence-corrected chi connectivity index (χ2v) is 20.3. The van der Waals surface area contributed by atoms with Crippen molar-refractivity contribution in [2.75, 3.05) is 4.90 Å². The van der Waals surface area contributed by atoms with E-state index >= 15 is 0 Å². The Kier molecular flexibility index (Phi) is 8.87. The minimum atomic E-state index is -2.62. The smallest absolute Gasteiger partial charge is 0.179 e. The van der Waals surface area contributed by atoms with Gasteiger partial charge in [0.1, 0.15) is 0 Å². The Balaban J connectivity index is 0.994. The molecule has 63 heavy (non-hydrogen) atoms. The van der Waals surface area contributed by atoms with Crippen molar-refractivity contribution in [1.29, 1.82) is 0 Å². The number of hydrogen-bond donors (Lipinski definition) is 0. The third-order valence-corrected chi connectivity index (χ3v) is 17.8. The lowest BCUT2D eigenvalue weighted by atomic mass is 10.0. The van der Waals surface area contributed by atoms with Crippen LogP contribution in [0.3, 0.4) is 0 Å². The predicted octanol–water partition coefficient (Wildman–Crippen LogP) is 13.0. The molecule has 0 fully saturated rings. The summed E-state index contributed by atoms with van der Waals surface area (Å²) < 4.78 is 2.43. The van der Waals surface area contributed by atoms with Gasteiger partial charge in [-0.1, -0.05) is 200 Å². The largest absolute Gasteiger partial charge is 0.310 e. The fourth-order valence-corrected chi connectivity index (χ4v) is 14.9. The zero-order valence-electron chi connectivity index (χ0n) is 34.6. The standard InChI is InChI=1S/C60H42N2Si/c1-5-19-49(20-6-1)62-57-27-15-18-46-28-29-48-41-52(42-58(62)60(48)59(46)57)61(51-37-32-43-16-13-14-17-47(43)40-51)50-35-30-44(31-36-50)45-33-38-56(39-34-45)63(53-21-7-2-8-22-53,54-23-9-3-10-24-54)55-25-11-4-12-26-55/h1-42H. The second-order valence-electron chi connectivity index (χ2n) is 16.5. The summed E-state index contributed by atoms with van der Waals surface area (Å²) in [5.74, 6) is 0. The summed E-state index contributed by atoms with van der Waals surface area (Å²) in [6.45, 7) is 0. The summed E-state index contributed by atoms with van der Waals surface area (Å²) in [4.78, 5) is 2.42. The van der Waals surface area contributed by atoms with Gasteiger partial charge in [0.15, 0.2) is 8.07 Å². The SMILES string of the molecule is c1ccc(-n2c3cccc4ccc5cc(N(c6ccc(-c7ccc([Si](c8ccccc8)(c8ccccc8)c8ccccc8)cc7)cc6)c6ccc7ccccc7c6)cc2c5c43)cc1. The van der Waals surface area contributed by atoms with Crippen molar-refractivity contribution in [3.63, 3.8) is 0 Å². The highest BCUT2D eigenvalue weighted by atomic mass is 28.3. The van der Waals surface area contributed by atoms with E-state index in [-0.39, 0.29) is 0 Å². The van der Waals surface area contributed by atoms with E-state index in [1.165, 1.54) is 75.2 Å². The van der Waals surface area contributed by atoms with Crippen molar-refractivity contribution in [3.8, 4) is 16.8 Å². The van der Waals surface area contributed by atoms with Gasteiger partial charge in [-0.3, -0.25) is 0 Å². The van der Waals surface area contributed by atoms with E-state index in [0.29, 0.717) is 0 Å². The topological polar surface area (TPSA) is 8.17 Å². The number of fused-ring (bicyclic) bond motifs is 1. The summed E-state index contributed by atoms with van der Waals surface area (Å²) in [5.41, 5.74) is 9.28. The molecule has 0 aliphatic heterocycles. The van der Waals surface area contributed by atoms with Crippen molar-refractivity contribution in [1.82, 2.24) is 4.57 Å². The number of benzene rings is 11. The molecule has 0 unspecified atom stereocenters. The number of anilines is 3. The zero-order valence-corrected chi connectivity index (χ0v) is 35.6. The normalized spacial score (nSPS) is 11.8. The fourth-order valence-electron chi connectivity index (χ4n) is 10.2. The Morgan fingerprint density at radius 2 is 0.746 bits per heavy atom. The van der Waals surface area contributed by atoms with Crippen LogP contribution in [0.25, 0.3) is 60.2 Å². The molecule has 1 aromatic heterocycles. The lowest BCUT2D eigenvalue weighted by Gasteiger charge is -2.34. The van der Waals surface area contributed by atoms with Crippen LogP contribution >= 0.6 is 0 Å². The molecule has 2 nitrogen and oxygen atoms in total. The Bertz CT molecular complexity index is 3430. The van der Waals surface area contributed by atoms with Crippen LogP contribution in [0.2, 0.25) is 0 Å².